The number of hydrazone groups is 1. The molecule has 2 aromatic carbocycles. The Morgan fingerprint density at radius 3 is 2.79 bits per heavy atom. The first-order valence-corrected chi connectivity index (χ1v) is 11.8. The molecule has 0 bridgehead atoms. The van der Waals surface area contributed by atoms with Gasteiger partial charge in [-0.2, -0.15) is 5.10 Å². The second-order valence-electron chi connectivity index (χ2n) is 7.86. The molecule has 1 aliphatic rings. The van der Waals surface area contributed by atoms with E-state index in [9.17, 15) is 4.79 Å². The summed E-state index contributed by atoms with van der Waals surface area (Å²) in [6.07, 6.45) is 3.83. The third-order valence-electron chi connectivity index (χ3n) is 5.60. The number of methoxy groups -OCH3 is 1. The first-order chi connectivity index (χ1) is 16.6. The molecule has 8 nitrogen and oxygen atoms in total. The highest BCUT2D eigenvalue weighted by Crippen LogP contribution is 2.34. The number of carbonyl (C=O) groups is 1. The molecule has 5 rings (SSSR count). The van der Waals surface area contributed by atoms with Gasteiger partial charge in [-0.25, -0.2) is 5.01 Å². The molecule has 0 saturated heterocycles. The van der Waals surface area contributed by atoms with Crippen LogP contribution >= 0.6 is 11.8 Å². The zero-order chi connectivity index (χ0) is 23.5. The third-order valence-corrected chi connectivity index (χ3v) is 6.52. The van der Waals surface area contributed by atoms with E-state index in [0.717, 1.165) is 22.7 Å². The Hall–Kier alpha value is -3.85. The van der Waals surface area contributed by atoms with Gasteiger partial charge in [-0.3, -0.25) is 9.36 Å². The number of thioether (sulfide) groups is 1. The maximum Gasteiger partial charge on any atom is 0.253 e. The van der Waals surface area contributed by atoms with Gasteiger partial charge < -0.3 is 9.15 Å². The van der Waals surface area contributed by atoms with Crippen molar-refractivity contribution in [2.75, 3.05) is 12.9 Å². The highest BCUT2D eigenvalue weighted by Gasteiger charge is 2.35. The number of hydrogen-bond acceptors (Lipinski definition) is 7. The van der Waals surface area contributed by atoms with Crippen molar-refractivity contribution in [1.82, 2.24) is 19.8 Å². The molecule has 9 heteroatoms. The van der Waals surface area contributed by atoms with Crippen LogP contribution in [0.3, 0.4) is 0 Å². The average molecular weight is 474 g/mol. The van der Waals surface area contributed by atoms with Crippen LogP contribution in [0.5, 0.6) is 5.75 Å². The number of furan rings is 1. The highest BCUT2D eigenvalue weighted by atomic mass is 32.2. The summed E-state index contributed by atoms with van der Waals surface area (Å²) in [5, 5.41) is 15.1. The zero-order valence-electron chi connectivity index (χ0n) is 18.8. The number of rotatable bonds is 7. The van der Waals surface area contributed by atoms with Crippen molar-refractivity contribution in [1.29, 1.82) is 0 Å². The van der Waals surface area contributed by atoms with Gasteiger partial charge in [0.1, 0.15) is 23.9 Å². The van der Waals surface area contributed by atoms with Gasteiger partial charge in [-0.15, -0.1) is 10.2 Å². The third kappa shape index (κ3) is 4.47. The van der Waals surface area contributed by atoms with Gasteiger partial charge >= 0.3 is 0 Å². The van der Waals surface area contributed by atoms with E-state index in [0.29, 0.717) is 17.3 Å². The molecule has 172 valence electrons. The largest absolute Gasteiger partial charge is 0.497 e. The predicted molar refractivity (Wildman–Crippen MR) is 129 cm³/mol. The van der Waals surface area contributed by atoms with E-state index in [-0.39, 0.29) is 17.7 Å². The van der Waals surface area contributed by atoms with Crippen molar-refractivity contribution in [2.24, 2.45) is 5.10 Å². The van der Waals surface area contributed by atoms with Crippen molar-refractivity contribution >= 4 is 23.4 Å². The van der Waals surface area contributed by atoms with Crippen molar-refractivity contribution in [3.63, 3.8) is 0 Å². The molecule has 1 atom stereocenters. The molecule has 3 heterocycles. The molecule has 0 fully saturated rings. The van der Waals surface area contributed by atoms with E-state index >= 15 is 0 Å². The fourth-order valence-electron chi connectivity index (χ4n) is 3.82. The van der Waals surface area contributed by atoms with Crippen LogP contribution in [0.2, 0.25) is 0 Å². The number of aryl methyl sites for hydroxylation is 1. The molecule has 34 heavy (non-hydrogen) atoms. The Kier molecular flexibility index (Phi) is 6.18. The Balaban J connectivity index is 1.36. The molecular weight excluding hydrogens is 450 g/mol. The average Bonchev–Trinajstić information content (AvgIpc) is 3.63. The van der Waals surface area contributed by atoms with Crippen LogP contribution in [0, 0.1) is 6.92 Å². The van der Waals surface area contributed by atoms with Crippen LogP contribution in [0.15, 0.2) is 87.9 Å². The van der Waals surface area contributed by atoms with Gasteiger partial charge in [-0.1, -0.05) is 47.7 Å². The lowest BCUT2D eigenvalue weighted by molar-refractivity contribution is -0.130. The van der Waals surface area contributed by atoms with Crippen LogP contribution in [0.25, 0.3) is 5.69 Å². The molecule has 1 aliphatic heterocycles. The number of hydrogen-bond donors (Lipinski definition) is 0. The monoisotopic (exact) mass is 473 g/mol. The Morgan fingerprint density at radius 1 is 1.18 bits per heavy atom. The number of nitrogens with zero attached hydrogens (tertiary/aromatic N) is 5. The Labute approximate surface area is 201 Å². The van der Waals surface area contributed by atoms with E-state index in [2.05, 4.69) is 10.2 Å². The minimum atomic E-state index is -0.282. The number of amides is 1. The first kappa shape index (κ1) is 22.0. The van der Waals surface area contributed by atoms with Gasteiger partial charge in [-0.05, 0) is 36.8 Å². The van der Waals surface area contributed by atoms with Crippen molar-refractivity contribution in [2.45, 2.75) is 24.5 Å². The molecule has 0 spiro atoms. The number of carbonyl (C=O) groups excluding carboxylic acids is 1. The smallest absolute Gasteiger partial charge is 0.253 e. The number of ether oxygens (including phenoxy) is 1. The summed E-state index contributed by atoms with van der Waals surface area (Å²) in [4.78, 5) is 13.3. The van der Waals surface area contributed by atoms with Crippen molar-refractivity contribution < 1.29 is 13.9 Å². The second kappa shape index (κ2) is 9.56. The summed E-state index contributed by atoms with van der Waals surface area (Å²) in [6.45, 7) is 2.04. The molecule has 0 radical (unpaired) electrons. The van der Waals surface area contributed by atoms with Crippen LogP contribution in [-0.2, 0) is 4.79 Å². The topological polar surface area (TPSA) is 85.8 Å². The second-order valence-corrected chi connectivity index (χ2v) is 8.80. The van der Waals surface area contributed by atoms with E-state index in [1.807, 2.05) is 72.2 Å². The zero-order valence-corrected chi connectivity index (χ0v) is 19.6. The van der Waals surface area contributed by atoms with Gasteiger partial charge in [0.2, 0.25) is 0 Å². The summed E-state index contributed by atoms with van der Waals surface area (Å²) < 4.78 is 12.8. The van der Waals surface area contributed by atoms with Crippen molar-refractivity contribution in [3.05, 3.63) is 90.1 Å². The Bertz CT molecular complexity index is 1310. The lowest BCUT2D eigenvalue weighted by Crippen LogP contribution is -2.28. The van der Waals surface area contributed by atoms with Crippen LogP contribution in [-0.4, -0.2) is 44.3 Å². The van der Waals surface area contributed by atoms with E-state index in [1.54, 1.807) is 19.7 Å². The van der Waals surface area contributed by atoms with Gasteiger partial charge in [0.15, 0.2) is 5.16 Å². The predicted octanol–water partition coefficient (Wildman–Crippen LogP) is 4.65. The lowest BCUT2D eigenvalue weighted by Gasteiger charge is -2.19. The van der Waals surface area contributed by atoms with Crippen molar-refractivity contribution in [3.8, 4) is 11.4 Å². The lowest BCUT2D eigenvalue weighted by atomic mass is 10.0. The molecule has 2 aromatic heterocycles. The fourth-order valence-corrected chi connectivity index (χ4v) is 4.60. The van der Waals surface area contributed by atoms with Crippen LogP contribution in [0.4, 0.5) is 0 Å². The summed E-state index contributed by atoms with van der Waals surface area (Å²) in [5.74, 6) is 1.47. The molecule has 0 saturated carbocycles. The van der Waals surface area contributed by atoms with Gasteiger partial charge in [0.25, 0.3) is 5.91 Å². The quantitative estimate of drug-likeness (QED) is 0.363. The summed E-state index contributed by atoms with van der Waals surface area (Å²) in [5.41, 5.74) is 3.89. The van der Waals surface area contributed by atoms with E-state index in [4.69, 9.17) is 14.3 Å². The maximum absolute atomic E-state index is 13.3. The summed E-state index contributed by atoms with van der Waals surface area (Å²) >= 11 is 1.31. The molecule has 4 aromatic rings. The minimum Gasteiger partial charge on any atom is -0.497 e. The molecule has 0 aliphatic carbocycles. The number of aromatic nitrogens is 3. The van der Waals surface area contributed by atoms with Gasteiger partial charge in [0.05, 0.1) is 30.5 Å². The fraction of sp³-hybridized carbons (Fsp3) is 0.200. The maximum atomic E-state index is 13.3. The summed E-state index contributed by atoms with van der Waals surface area (Å²) in [7, 11) is 1.62. The van der Waals surface area contributed by atoms with Gasteiger partial charge in [0, 0.05) is 12.5 Å². The van der Waals surface area contributed by atoms with E-state index in [1.165, 1.54) is 22.3 Å². The molecule has 0 N–H and O–H groups in total. The summed E-state index contributed by atoms with van der Waals surface area (Å²) in [6, 6.07) is 19.2. The Morgan fingerprint density at radius 2 is 2.03 bits per heavy atom. The number of benzene rings is 2. The van der Waals surface area contributed by atoms with E-state index < -0.39 is 0 Å². The molecule has 1 amide bonds. The SMILES string of the molecule is COc1cccc(-n2cnnc2SCC(=O)N2N=C(c3ccc(C)cc3)CC2c2ccco2)c1. The minimum absolute atomic E-state index is 0.131. The molecule has 1 unspecified atom stereocenters. The normalized spacial score (nSPS) is 15.4. The standard InChI is InChI=1S/C25H23N5O3S/c1-17-8-10-18(11-9-17)21-14-22(23-7-4-12-33-23)30(28-21)24(31)15-34-25-27-26-16-29(25)19-5-3-6-20(13-19)32-2/h3-13,16,22H,14-15H2,1-2H3. The van der Waals surface area contributed by atoms with Crippen LogP contribution < -0.4 is 4.74 Å². The highest BCUT2D eigenvalue weighted by molar-refractivity contribution is 7.99. The van der Waals surface area contributed by atoms with Crippen LogP contribution in [0.1, 0.15) is 29.3 Å². The first-order valence-electron chi connectivity index (χ1n) is 10.8. The molecular formula is C25H23N5O3S.